The molecule has 5 nitrogen and oxygen atoms in total. The second kappa shape index (κ2) is 7.51. The molecule has 0 saturated carbocycles. The largest absolute Gasteiger partial charge is 0.462 e. The minimum Gasteiger partial charge on any atom is -0.462 e. The number of aliphatic hydroxyl groups excluding tert-OH is 2. The fourth-order valence-electron chi connectivity index (χ4n) is 1.95. The molecule has 5 heteroatoms. The zero-order valence-corrected chi connectivity index (χ0v) is 10.9. The lowest BCUT2D eigenvalue weighted by molar-refractivity contribution is -0.153. The molecule has 0 saturated heterocycles. The molecule has 1 rings (SSSR count). The van der Waals surface area contributed by atoms with Crippen molar-refractivity contribution < 1.29 is 24.5 Å². The summed E-state index contributed by atoms with van der Waals surface area (Å²) in [6.07, 6.45) is 2.28. The summed E-state index contributed by atoms with van der Waals surface area (Å²) in [7, 11) is 1.49. The van der Waals surface area contributed by atoms with Crippen molar-refractivity contribution in [2.75, 3.05) is 7.11 Å². The summed E-state index contributed by atoms with van der Waals surface area (Å²) in [4.78, 5) is 11.7. The topological polar surface area (TPSA) is 76.0 Å². The van der Waals surface area contributed by atoms with Gasteiger partial charge in [-0.25, -0.2) is 0 Å². The van der Waals surface area contributed by atoms with Crippen LogP contribution in [0.5, 0.6) is 0 Å². The van der Waals surface area contributed by atoms with E-state index in [9.17, 15) is 15.0 Å². The van der Waals surface area contributed by atoms with Gasteiger partial charge in [0, 0.05) is 13.5 Å². The van der Waals surface area contributed by atoms with E-state index in [1.54, 1.807) is 6.08 Å². The summed E-state index contributed by atoms with van der Waals surface area (Å²) >= 11 is 0. The van der Waals surface area contributed by atoms with Gasteiger partial charge in [-0.2, -0.15) is 0 Å². The molecule has 0 spiro atoms. The minimum atomic E-state index is -0.959. The lowest BCUT2D eigenvalue weighted by Crippen LogP contribution is -2.33. The highest BCUT2D eigenvalue weighted by atomic mass is 16.5. The van der Waals surface area contributed by atoms with Crippen LogP contribution in [0.25, 0.3) is 0 Å². The highest BCUT2D eigenvalue weighted by Gasteiger charge is 2.25. The van der Waals surface area contributed by atoms with Crippen LogP contribution < -0.4 is 0 Å². The van der Waals surface area contributed by atoms with Gasteiger partial charge in [-0.05, 0) is 6.42 Å². The van der Waals surface area contributed by atoms with E-state index in [1.165, 1.54) is 13.2 Å². The van der Waals surface area contributed by atoms with Crippen LogP contribution in [0.15, 0.2) is 12.2 Å². The number of ether oxygens (including phenoxy) is 2. The number of carbonyl (C=O) groups is 1. The van der Waals surface area contributed by atoms with Crippen LogP contribution in [0.4, 0.5) is 0 Å². The number of rotatable bonds is 3. The minimum absolute atomic E-state index is 0.121. The van der Waals surface area contributed by atoms with Crippen LogP contribution >= 0.6 is 0 Å². The fraction of sp³-hybridized carbons (Fsp3) is 0.769. The highest BCUT2D eigenvalue weighted by molar-refractivity contribution is 5.70. The zero-order chi connectivity index (χ0) is 13.5. The van der Waals surface area contributed by atoms with Crippen molar-refractivity contribution in [2.45, 2.75) is 57.0 Å². The van der Waals surface area contributed by atoms with Gasteiger partial charge in [-0.3, -0.25) is 4.79 Å². The first-order valence-corrected chi connectivity index (χ1v) is 6.33. The van der Waals surface area contributed by atoms with E-state index in [0.29, 0.717) is 6.42 Å². The van der Waals surface area contributed by atoms with Crippen LogP contribution in [0.2, 0.25) is 0 Å². The van der Waals surface area contributed by atoms with Crippen molar-refractivity contribution in [1.82, 2.24) is 0 Å². The van der Waals surface area contributed by atoms with E-state index in [0.717, 1.165) is 6.42 Å². The molecule has 104 valence electrons. The first-order valence-electron chi connectivity index (χ1n) is 6.33. The zero-order valence-electron chi connectivity index (χ0n) is 10.9. The van der Waals surface area contributed by atoms with E-state index in [4.69, 9.17) is 9.47 Å². The van der Waals surface area contributed by atoms with Gasteiger partial charge >= 0.3 is 5.97 Å². The van der Waals surface area contributed by atoms with Crippen LogP contribution in [0, 0.1) is 0 Å². The lowest BCUT2D eigenvalue weighted by Gasteiger charge is -2.24. The van der Waals surface area contributed by atoms with Crippen molar-refractivity contribution in [2.24, 2.45) is 0 Å². The second-order valence-electron chi connectivity index (χ2n) is 4.56. The predicted molar refractivity (Wildman–Crippen MR) is 66.0 cm³/mol. The fourth-order valence-corrected chi connectivity index (χ4v) is 1.95. The van der Waals surface area contributed by atoms with Crippen molar-refractivity contribution in [3.05, 3.63) is 12.2 Å². The molecule has 0 aliphatic carbocycles. The summed E-state index contributed by atoms with van der Waals surface area (Å²) in [6, 6.07) is 0. The molecule has 0 fully saturated rings. The molecule has 0 aromatic carbocycles. The third-order valence-corrected chi connectivity index (χ3v) is 3.00. The number of hydrogen-bond donors (Lipinski definition) is 2. The number of hydrogen-bond acceptors (Lipinski definition) is 5. The first kappa shape index (κ1) is 15.1. The Morgan fingerprint density at radius 3 is 2.78 bits per heavy atom. The predicted octanol–water partition coefficient (Wildman–Crippen LogP) is 0.785. The van der Waals surface area contributed by atoms with E-state index in [-0.39, 0.29) is 24.9 Å². The molecule has 4 unspecified atom stereocenters. The summed E-state index contributed by atoms with van der Waals surface area (Å²) in [5.74, 6) is -0.339. The third kappa shape index (κ3) is 4.76. The summed E-state index contributed by atoms with van der Waals surface area (Å²) in [5, 5.41) is 19.5. The van der Waals surface area contributed by atoms with Crippen LogP contribution in [-0.2, 0) is 14.3 Å². The molecule has 0 aromatic rings. The Balaban J connectivity index is 2.78. The molecule has 0 bridgehead atoms. The monoisotopic (exact) mass is 258 g/mol. The van der Waals surface area contributed by atoms with Gasteiger partial charge in [0.05, 0.1) is 24.7 Å². The average Bonchev–Trinajstić information content (AvgIpc) is 2.33. The van der Waals surface area contributed by atoms with Crippen molar-refractivity contribution in [3.8, 4) is 0 Å². The van der Waals surface area contributed by atoms with E-state index >= 15 is 0 Å². The molecular weight excluding hydrogens is 236 g/mol. The van der Waals surface area contributed by atoms with Gasteiger partial charge in [0.1, 0.15) is 6.10 Å². The summed E-state index contributed by atoms with van der Waals surface area (Å²) in [6.45, 7) is 1.98. The summed E-state index contributed by atoms with van der Waals surface area (Å²) < 4.78 is 10.4. The van der Waals surface area contributed by atoms with Crippen LogP contribution in [0.1, 0.15) is 32.6 Å². The van der Waals surface area contributed by atoms with Crippen molar-refractivity contribution in [3.63, 3.8) is 0 Å². The normalized spacial score (nSPS) is 34.1. The third-order valence-electron chi connectivity index (χ3n) is 3.00. The maximum absolute atomic E-state index is 11.7. The Labute approximate surface area is 107 Å². The van der Waals surface area contributed by atoms with Gasteiger partial charge in [0.25, 0.3) is 0 Å². The van der Waals surface area contributed by atoms with Crippen molar-refractivity contribution >= 4 is 5.97 Å². The standard InChI is InChI=1S/C13H22O5/c1-3-4-10-7-12(15)11(14)6-5-9(17-2)8-13(16)18-10/h5-6,9-12,14-15H,3-4,7-8H2,1-2H3. The average molecular weight is 258 g/mol. The number of esters is 1. The van der Waals surface area contributed by atoms with Crippen LogP contribution in [-0.4, -0.2) is 47.7 Å². The van der Waals surface area contributed by atoms with Gasteiger partial charge in [-0.1, -0.05) is 25.5 Å². The Hall–Kier alpha value is -0.910. The Kier molecular flexibility index (Phi) is 6.32. The number of carbonyl (C=O) groups excluding carboxylic acids is 1. The number of aliphatic hydroxyl groups is 2. The van der Waals surface area contributed by atoms with Gasteiger partial charge in [0.2, 0.25) is 0 Å². The molecule has 0 aromatic heterocycles. The maximum Gasteiger partial charge on any atom is 0.309 e. The Morgan fingerprint density at radius 1 is 1.44 bits per heavy atom. The SMILES string of the molecule is CCCC1CC(O)C(O)C=CC(OC)CC(=O)O1. The number of methoxy groups -OCH3 is 1. The Morgan fingerprint density at radius 2 is 2.17 bits per heavy atom. The van der Waals surface area contributed by atoms with Gasteiger partial charge in [-0.15, -0.1) is 0 Å². The molecule has 4 atom stereocenters. The molecule has 0 amide bonds. The molecule has 1 aliphatic heterocycles. The quantitative estimate of drug-likeness (QED) is 0.578. The van der Waals surface area contributed by atoms with E-state index < -0.39 is 18.3 Å². The van der Waals surface area contributed by atoms with Gasteiger partial charge < -0.3 is 19.7 Å². The lowest BCUT2D eigenvalue weighted by atomic mass is 10.0. The summed E-state index contributed by atoms with van der Waals surface area (Å²) in [5.41, 5.74) is 0. The van der Waals surface area contributed by atoms with Crippen molar-refractivity contribution in [1.29, 1.82) is 0 Å². The van der Waals surface area contributed by atoms with E-state index in [2.05, 4.69) is 0 Å². The molecule has 2 N–H and O–H groups in total. The first-order chi connectivity index (χ1) is 8.56. The smallest absolute Gasteiger partial charge is 0.309 e. The van der Waals surface area contributed by atoms with Crippen LogP contribution in [0.3, 0.4) is 0 Å². The van der Waals surface area contributed by atoms with E-state index in [1.807, 2.05) is 6.92 Å². The molecule has 18 heavy (non-hydrogen) atoms. The highest BCUT2D eigenvalue weighted by Crippen LogP contribution is 2.16. The molecule has 0 radical (unpaired) electrons. The molecular formula is C13H22O5. The molecule has 1 heterocycles. The maximum atomic E-state index is 11.7. The second-order valence-corrected chi connectivity index (χ2v) is 4.56. The number of cyclic esters (lactones) is 1. The molecule has 1 aliphatic rings. The van der Waals surface area contributed by atoms with Gasteiger partial charge in [0.15, 0.2) is 0 Å². The Bertz CT molecular complexity index is 289.